The van der Waals surface area contributed by atoms with E-state index < -0.39 is 17.2 Å². The first-order valence-corrected chi connectivity index (χ1v) is 7.64. The molecule has 1 rings (SSSR count). The lowest BCUT2D eigenvalue weighted by molar-refractivity contribution is 0.327. The lowest BCUT2D eigenvalue weighted by Crippen LogP contribution is -2.13. The van der Waals surface area contributed by atoms with Gasteiger partial charge in [0.1, 0.15) is 5.75 Å². The zero-order valence-corrected chi connectivity index (χ0v) is 12.6. The molecule has 1 unspecified atom stereocenters. The number of benzene rings is 1. The van der Waals surface area contributed by atoms with Gasteiger partial charge in [0.05, 0.1) is 0 Å². The summed E-state index contributed by atoms with van der Waals surface area (Å²) in [4.78, 5) is 26.7. The van der Waals surface area contributed by atoms with Gasteiger partial charge in [0, 0.05) is 5.56 Å². The highest BCUT2D eigenvalue weighted by Crippen LogP contribution is 2.48. The van der Waals surface area contributed by atoms with Crippen LogP contribution in [0.5, 0.6) is 5.75 Å². The first kappa shape index (κ1) is 15.8. The Hall–Kier alpha value is -0.280. The standard InChI is InChI=1S/C11H18O5P2/c1-8-5-6-10(9(7-8)11(2,3)4)15-18(14)16-17(12)13/h5-7,12-14H,1-4H3. The van der Waals surface area contributed by atoms with Crippen LogP contribution in [0.3, 0.4) is 0 Å². The van der Waals surface area contributed by atoms with Crippen molar-refractivity contribution in [2.75, 3.05) is 0 Å². The smallest absolute Gasteiger partial charge is 0.401 e. The maximum Gasteiger partial charge on any atom is 0.401 e. The topological polar surface area (TPSA) is 79.2 Å². The van der Waals surface area contributed by atoms with Crippen LogP contribution in [0.15, 0.2) is 18.2 Å². The molecule has 0 fully saturated rings. The fraction of sp³-hybridized carbons (Fsp3) is 0.455. The molecule has 0 saturated heterocycles. The number of aryl methyl sites for hydroxylation is 1. The molecule has 0 spiro atoms. The first-order chi connectivity index (χ1) is 8.20. The molecule has 1 aromatic carbocycles. The molecule has 0 aromatic heterocycles. The highest BCUT2D eigenvalue weighted by Gasteiger charge is 2.22. The molecule has 1 atom stereocenters. The highest BCUT2D eigenvalue weighted by atomic mass is 31.2. The molecule has 0 bridgehead atoms. The summed E-state index contributed by atoms with van der Waals surface area (Å²) in [6.45, 7) is 8.05. The summed E-state index contributed by atoms with van der Waals surface area (Å²) in [6.07, 6.45) is 0. The summed E-state index contributed by atoms with van der Waals surface area (Å²) in [5.41, 5.74) is 1.86. The molecule has 0 saturated carbocycles. The van der Waals surface area contributed by atoms with E-state index in [0.29, 0.717) is 5.75 Å². The Morgan fingerprint density at radius 1 is 1.11 bits per heavy atom. The quantitative estimate of drug-likeness (QED) is 0.743. The molecular formula is C11H18O5P2. The maximum absolute atomic E-state index is 9.45. The Balaban J connectivity index is 2.95. The van der Waals surface area contributed by atoms with E-state index in [-0.39, 0.29) is 5.41 Å². The molecule has 3 N–H and O–H groups in total. The second kappa shape index (κ2) is 6.25. The minimum absolute atomic E-state index is 0.152. The third-order valence-electron chi connectivity index (χ3n) is 2.26. The molecule has 0 aliphatic rings. The lowest BCUT2D eigenvalue weighted by atomic mass is 9.85. The monoisotopic (exact) mass is 292 g/mol. The Morgan fingerprint density at radius 2 is 1.72 bits per heavy atom. The average Bonchev–Trinajstić information content (AvgIpc) is 2.17. The Bertz CT molecular complexity index is 403. The van der Waals surface area contributed by atoms with Gasteiger partial charge in [0.15, 0.2) is 0 Å². The Labute approximate surface area is 109 Å². The summed E-state index contributed by atoms with van der Waals surface area (Å²) in [5, 5.41) is 0. The molecular weight excluding hydrogens is 274 g/mol. The highest BCUT2D eigenvalue weighted by molar-refractivity contribution is 7.54. The van der Waals surface area contributed by atoms with Crippen molar-refractivity contribution < 1.29 is 23.5 Å². The molecule has 0 amide bonds. The second-order valence-corrected chi connectivity index (χ2v) is 6.73. The number of rotatable bonds is 4. The molecule has 18 heavy (non-hydrogen) atoms. The zero-order chi connectivity index (χ0) is 13.9. The van der Waals surface area contributed by atoms with E-state index in [4.69, 9.17) is 14.3 Å². The van der Waals surface area contributed by atoms with Crippen molar-refractivity contribution >= 4 is 17.2 Å². The lowest BCUT2D eigenvalue weighted by Gasteiger charge is -2.24. The van der Waals surface area contributed by atoms with Crippen molar-refractivity contribution in [1.29, 1.82) is 0 Å². The van der Waals surface area contributed by atoms with Crippen molar-refractivity contribution in [3.05, 3.63) is 29.3 Å². The summed E-state index contributed by atoms with van der Waals surface area (Å²) in [5.74, 6) is 0.485. The van der Waals surface area contributed by atoms with Gasteiger partial charge in [-0.15, -0.1) is 0 Å². The summed E-state index contributed by atoms with van der Waals surface area (Å²) in [7, 11) is -4.97. The van der Waals surface area contributed by atoms with Crippen LogP contribution in [-0.4, -0.2) is 14.7 Å². The van der Waals surface area contributed by atoms with Crippen molar-refractivity contribution in [3.63, 3.8) is 0 Å². The van der Waals surface area contributed by atoms with Gasteiger partial charge in [-0.25, -0.2) is 4.31 Å². The normalized spacial score (nSPS) is 13.8. The van der Waals surface area contributed by atoms with Gasteiger partial charge in [0.2, 0.25) is 0 Å². The largest absolute Gasteiger partial charge is 0.426 e. The van der Waals surface area contributed by atoms with Crippen LogP contribution < -0.4 is 4.52 Å². The molecule has 0 aliphatic heterocycles. The molecule has 1 aromatic rings. The molecule has 102 valence electrons. The van der Waals surface area contributed by atoms with E-state index in [1.54, 1.807) is 6.07 Å². The van der Waals surface area contributed by atoms with Crippen LogP contribution in [0.1, 0.15) is 31.9 Å². The van der Waals surface area contributed by atoms with E-state index in [9.17, 15) is 4.89 Å². The molecule has 0 heterocycles. The SMILES string of the molecule is Cc1ccc(OP(O)OP(O)O)c(C(C)(C)C)c1. The molecule has 0 radical (unpaired) electrons. The molecule has 5 nitrogen and oxygen atoms in total. The van der Waals surface area contributed by atoms with E-state index >= 15 is 0 Å². The van der Waals surface area contributed by atoms with Crippen LogP contribution in [0.2, 0.25) is 0 Å². The van der Waals surface area contributed by atoms with E-state index in [0.717, 1.165) is 11.1 Å². The average molecular weight is 292 g/mol. The third kappa shape index (κ3) is 4.77. The predicted octanol–water partition coefficient (Wildman–Crippen LogP) is 3.12. The van der Waals surface area contributed by atoms with Crippen molar-refractivity contribution in [1.82, 2.24) is 0 Å². The number of hydrogen-bond acceptors (Lipinski definition) is 5. The van der Waals surface area contributed by atoms with Crippen LogP contribution in [0.4, 0.5) is 0 Å². The van der Waals surface area contributed by atoms with Crippen molar-refractivity contribution in [2.45, 2.75) is 33.1 Å². The van der Waals surface area contributed by atoms with E-state index in [1.165, 1.54) is 0 Å². The van der Waals surface area contributed by atoms with E-state index in [2.05, 4.69) is 4.31 Å². The van der Waals surface area contributed by atoms with Gasteiger partial charge in [-0.05, 0) is 18.4 Å². The minimum Gasteiger partial charge on any atom is -0.426 e. The van der Waals surface area contributed by atoms with Gasteiger partial charge < -0.3 is 19.2 Å². The summed E-state index contributed by atoms with van der Waals surface area (Å²) in [6, 6.07) is 5.56. The molecule has 0 aliphatic carbocycles. The van der Waals surface area contributed by atoms with Gasteiger partial charge in [0.25, 0.3) is 0 Å². The third-order valence-corrected chi connectivity index (χ3v) is 3.76. The fourth-order valence-corrected chi connectivity index (χ4v) is 2.43. The van der Waals surface area contributed by atoms with Gasteiger partial charge in [-0.3, -0.25) is 0 Å². The zero-order valence-electron chi connectivity index (χ0n) is 10.8. The summed E-state index contributed by atoms with van der Waals surface area (Å²) >= 11 is 0. The second-order valence-electron chi connectivity index (χ2n) is 4.91. The Kier molecular flexibility index (Phi) is 5.47. The van der Waals surface area contributed by atoms with Crippen LogP contribution >= 0.6 is 17.2 Å². The van der Waals surface area contributed by atoms with Gasteiger partial charge in [-0.1, -0.05) is 38.5 Å². The maximum atomic E-state index is 9.45. The van der Waals surface area contributed by atoms with Gasteiger partial charge in [-0.2, -0.15) is 0 Å². The van der Waals surface area contributed by atoms with Crippen LogP contribution in [0, 0.1) is 6.92 Å². The first-order valence-electron chi connectivity index (χ1n) is 5.34. The fourth-order valence-electron chi connectivity index (χ4n) is 1.47. The van der Waals surface area contributed by atoms with Crippen molar-refractivity contribution in [3.8, 4) is 5.75 Å². The molecule has 7 heteroatoms. The van der Waals surface area contributed by atoms with Crippen molar-refractivity contribution in [2.24, 2.45) is 0 Å². The summed E-state index contributed by atoms with van der Waals surface area (Å²) < 4.78 is 9.66. The minimum atomic E-state index is -2.63. The van der Waals surface area contributed by atoms with Gasteiger partial charge >= 0.3 is 17.2 Å². The Morgan fingerprint density at radius 3 is 2.22 bits per heavy atom. The van der Waals surface area contributed by atoms with Crippen LogP contribution in [0.25, 0.3) is 0 Å². The van der Waals surface area contributed by atoms with Crippen LogP contribution in [-0.2, 0) is 9.73 Å². The number of hydrogen-bond donors (Lipinski definition) is 3. The van der Waals surface area contributed by atoms with E-state index in [1.807, 2.05) is 39.8 Å². The predicted molar refractivity (Wildman–Crippen MR) is 72.1 cm³/mol.